The van der Waals surface area contributed by atoms with Crippen molar-refractivity contribution in [2.45, 2.75) is 24.6 Å². The molecular weight excluding hydrogens is 378 g/mol. The third-order valence-electron chi connectivity index (χ3n) is 1.65. The van der Waals surface area contributed by atoms with Crippen LogP contribution in [0, 0.1) is 0 Å². The van der Waals surface area contributed by atoms with Gasteiger partial charge in [-0.25, -0.2) is 4.74 Å². The van der Waals surface area contributed by atoms with E-state index in [1.54, 1.807) is 4.74 Å². The summed E-state index contributed by atoms with van der Waals surface area (Å²) in [6.07, 6.45) is -26.0. The fourth-order valence-electron chi connectivity index (χ4n) is 0.755. The molecule has 136 valence electrons. The van der Waals surface area contributed by atoms with Crippen molar-refractivity contribution in [3.8, 4) is 0 Å². The van der Waals surface area contributed by atoms with Gasteiger partial charge in [-0.3, -0.25) is 0 Å². The number of rotatable bonds is 4. The molecular formula is C8F14O. The number of allylic oxidation sites excluding steroid dienone is 2. The summed E-state index contributed by atoms with van der Waals surface area (Å²) in [5, 5.41) is 0. The van der Waals surface area contributed by atoms with Gasteiger partial charge in [0.1, 0.15) is 0 Å². The van der Waals surface area contributed by atoms with Gasteiger partial charge in [0.15, 0.2) is 0 Å². The Morgan fingerprint density at radius 3 is 0.826 bits per heavy atom. The number of alkyl halides is 10. The molecule has 1 nitrogen and oxygen atoms in total. The molecule has 0 unspecified atom stereocenters. The van der Waals surface area contributed by atoms with E-state index in [1.165, 1.54) is 0 Å². The molecule has 0 saturated heterocycles. The lowest BCUT2D eigenvalue weighted by molar-refractivity contribution is -0.356. The number of ether oxygens (including phenoxy) is 1. The zero-order valence-corrected chi connectivity index (χ0v) is 9.70. The lowest BCUT2D eigenvalue weighted by Crippen LogP contribution is -2.36. The van der Waals surface area contributed by atoms with Crippen LogP contribution in [0.1, 0.15) is 0 Å². The van der Waals surface area contributed by atoms with Crippen molar-refractivity contribution in [3.63, 3.8) is 0 Å². The van der Waals surface area contributed by atoms with Crippen LogP contribution in [0.5, 0.6) is 0 Å². The molecule has 0 aromatic heterocycles. The van der Waals surface area contributed by atoms with Gasteiger partial charge in [0.25, 0.3) is 0 Å². The Morgan fingerprint density at radius 1 is 0.435 bits per heavy atom. The Labute approximate surface area is 115 Å². The standard InChI is InChI=1S/C8F14O/c9-1(5(13,14)15)3(11)7(19,20)23-8(21,22)4(12)2(10)6(16,17)18. The van der Waals surface area contributed by atoms with Crippen LogP contribution in [0.3, 0.4) is 0 Å². The quantitative estimate of drug-likeness (QED) is 0.578. The first-order valence-electron chi connectivity index (χ1n) is 4.55. The van der Waals surface area contributed by atoms with Crippen molar-refractivity contribution in [3.05, 3.63) is 23.3 Å². The summed E-state index contributed by atoms with van der Waals surface area (Å²) < 4.78 is 170. The maximum Gasteiger partial charge on any atom is 0.445 e. The minimum Gasteiger partial charge on any atom is -0.243 e. The van der Waals surface area contributed by atoms with Crippen LogP contribution in [0.4, 0.5) is 61.5 Å². The predicted octanol–water partition coefficient (Wildman–Crippen LogP) is 5.61. The molecule has 15 heteroatoms. The van der Waals surface area contributed by atoms with Gasteiger partial charge >= 0.3 is 24.6 Å². The first-order chi connectivity index (χ1) is 9.84. The van der Waals surface area contributed by atoms with Crippen LogP contribution in [0.2, 0.25) is 0 Å². The topological polar surface area (TPSA) is 9.23 Å². The van der Waals surface area contributed by atoms with E-state index in [2.05, 4.69) is 0 Å². The molecule has 0 aliphatic carbocycles. The van der Waals surface area contributed by atoms with E-state index in [4.69, 9.17) is 0 Å². The zero-order valence-electron chi connectivity index (χ0n) is 9.70. The molecule has 0 rings (SSSR count). The molecule has 0 aliphatic rings. The van der Waals surface area contributed by atoms with Crippen molar-refractivity contribution in [1.82, 2.24) is 0 Å². The molecule has 23 heavy (non-hydrogen) atoms. The molecule has 0 fully saturated rings. The van der Waals surface area contributed by atoms with Gasteiger partial charge in [-0.05, 0) is 0 Å². The first kappa shape index (κ1) is 21.5. The zero-order chi connectivity index (χ0) is 19.0. The second kappa shape index (κ2) is 6.16. The minimum atomic E-state index is -6.58. The molecule has 0 spiro atoms. The highest BCUT2D eigenvalue weighted by Crippen LogP contribution is 2.44. The Bertz CT molecular complexity index is 460. The molecule has 0 aromatic rings. The molecule has 0 N–H and O–H groups in total. The van der Waals surface area contributed by atoms with Crippen molar-refractivity contribution in [2.75, 3.05) is 0 Å². The second-order valence-corrected chi connectivity index (χ2v) is 3.39. The average molecular weight is 378 g/mol. The number of hydrogen-bond donors (Lipinski definition) is 0. The third-order valence-corrected chi connectivity index (χ3v) is 1.65. The monoisotopic (exact) mass is 378 g/mol. The predicted molar refractivity (Wildman–Crippen MR) is 41.6 cm³/mol. The molecule has 0 aromatic carbocycles. The SMILES string of the molecule is FC(=C(F)C(F)(F)OC(F)(F)C(F)=C(F)C(F)(F)F)C(F)(F)F. The number of hydrogen-bond acceptors (Lipinski definition) is 1. The van der Waals surface area contributed by atoms with Crippen LogP contribution < -0.4 is 0 Å². The molecule has 0 radical (unpaired) electrons. The highest BCUT2D eigenvalue weighted by Gasteiger charge is 2.57. The van der Waals surface area contributed by atoms with Crippen LogP contribution in [-0.2, 0) is 4.74 Å². The van der Waals surface area contributed by atoms with Crippen molar-refractivity contribution in [2.24, 2.45) is 0 Å². The van der Waals surface area contributed by atoms with E-state index in [0.717, 1.165) is 0 Å². The summed E-state index contributed by atoms with van der Waals surface area (Å²) in [5.74, 6) is -17.2. The Hall–Kier alpha value is -1.54. The number of halogens is 14. The minimum absolute atomic E-state index is 1.77. The maximum absolute atomic E-state index is 12.5. The molecule has 0 heterocycles. The summed E-state index contributed by atoms with van der Waals surface area (Å²) >= 11 is 0. The van der Waals surface area contributed by atoms with E-state index in [1.807, 2.05) is 0 Å². The summed E-state index contributed by atoms with van der Waals surface area (Å²) in [6, 6.07) is 0. The van der Waals surface area contributed by atoms with Gasteiger partial charge in [-0.15, -0.1) is 0 Å². The van der Waals surface area contributed by atoms with Crippen molar-refractivity contribution in [1.29, 1.82) is 0 Å². The van der Waals surface area contributed by atoms with Crippen LogP contribution in [-0.4, -0.2) is 24.6 Å². The van der Waals surface area contributed by atoms with Crippen molar-refractivity contribution >= 4 is 0 Å². The van der Waals surface area contributed by atoms with E-state index >= 15 is 0 Å². The molecule has 0 atom stereocenters. The van der Waals surface area contributed by atoms with Gasteiger partial charge < -0.3 is 0 Å². The van der Waals surface area contributed by atoms with E-state index in [-0.39, 0.29) is 0 Å². The maximum atomic E-state index is 12.5. The Kier molecular flexibility index (Phi) is 5.75. The Balaban J connectivity index is 5.79. The normalized spacial score (nSPS) is 17.0. The van der Waals surface area contributed by atoms with Gasteiger partial charge in [-0.1, -0.05) is 0 Å². The molecule has 0 bridgehead atoms. The van der Waals surface area contributed by atoms with Gasteiger partial charge in [0.05, 0.1) is 0 Å². The summed E-state index contributed by atoms with van der Waals surface area (Å²) in [4.78, 5) is 0. The lowest BCUT2D eigenvalue weighted by atomic mass is 10.3. The van der Waals surface area contributed by atoms with Crippen LogP contribution in [0.25, 0.3) is 0 Å². The van der Waals surface area contributed by atoms with Crippen molar-refractivity contribution < 1.29 is 66.2 Å². The Morgan fingerprint density at radius 2 is 0.652 bits per heavy atom. The highest BCUT2D eigenvalue weighted by molar-refractivity contribution is 5.14. The smallest absolute Gasteiger partial charge is 0.243 e. The fraction of sp³-hybridized carbons (Fsp3) is 0.500. The van der Waals surface area contributed by atoms with E-state index in [9.17, 15) is 61.5 Å². The molecule has 0 aliphatic heterocycles. The summed E-state index contributed by atoms with van der Waals surface area (Å²) in [5.41, 5.74) is 0. The van der Waals surface area contributed by atoms with Crippen LogP contribution >= 0.6 is 0 Å². The largest absolute Gasteiger partial charge is 0.445 e. The van der Waals surface area contributed by atoms with Gasteiger partial charge in [-0.2, -0.15) is 61.5 Å². The lowest BCUT2D eigenvalue weighted by Gasteiger charge is -2.22. The van der Waals surface area contributed by atoms with E-state index < -0.39 is 47.9 Å². The first-order valence-corrected chi connectivity index (χ1v) is 4.55. The molecule has 0 amide bonds. The van der Waals surface area contributed by atoms with Gasteiger partial charge in [0.2, 0.25) is 23.3 Å². The average Bonchev–Trinajstić information content (AvgIpc) is 2.31. The third kappa shape index (κ3) is 5.24. The second-order valence-electron chi connectivity index (χ2n) is 3.39. The molecule has 0 saturated carbocycles. The summed E-state index contributed by atoms with van der Waals surface area (Å²) in [6.45, 7) is 0. The summed E-state index contributed by atoms with van der Waals surface area (Å²) in [7, 11) is 0. The van der Waals surface area contributed by atoms with Crippen LogP contribution in [0.15, 0.2) is 23.3 Å². The fourth-order valence-corrected chi connectivity index (χ4v) is 0.755. The highest BCUT2D eigenvalue weighted by atomic mass is 19.4. The van der Waals surface area contributed by atoms with E-state index in [0.29, 0.717) is 0 Å². The van der Waals surface area contributed by atoms with Gasteiger partial charge in [0, 0.05) is 0 Å².